The number of piperidine rings is 1. The fraction of sp³-hybridized carbons (Fsp3) is 0.409. The Labute approximate surface area is 170 Å². The second-order valence-corrected chi connectivity index (χ2v) is 7.64. The quantitative estimate of drug-likeness (QED) is 0.741. The Kier molecular flexibility index (Phi) is 7.29. The van der Waals surface area contributed by atoms with Crippen LogP contribution in [0.1, 0.15) is 31.4 Å². The maximum atomic E-state index is 13.0. The lowest BCUT2D eigenvalue weighted by atomic mass is 9.95. The Bertz CT molecular complexity index is 759. The molecule has 1 aliphatic rings. The van der Waals surface area contributed by atoms with Crippen LogP contribution < -0.4 is 10.1 Å². The van der Waals surface area contributed by atoms with Crippen LogP contribution in [-0.4, -0.2) is 37.0 Å². The molecule has 2 aromatic carbocycles. The van der Waals surface area contributed by atoms with E-state index in [2.05, 4.69) is 10.2 Å². The molecule has 1 saturated heterocycles. The van der Waals surface area contributed by atoms with Gasteiger partial charge in [0.15, 0.2) is 0 Å². The van der Waals surface area contributed by atoms with E-state index in [0.717, 1.165) is 43.8 Å². The van der Waals surface area contributed by atoms with Crippen molar-refractivity contribution in [2.45, 2.75) is 25.8 Å². The van der Waals surface area contributed by atoms with Crippen molar-refractivity contribution in [3.05, 3.63) is 64.9 Å². The van der Waals surface area contributed by atoms with Crippen LogP contribution in [0.25, 0.3) is 0 Å². The second-order valence-electron chi connectivity index (χ2n) is 7.20. The van der Waals surface area contributed by atoms with E-state index in [1.165, 1.54) is 12.1 Å². The van der Waals surface area contributed by atoms with Gasteiger partial charge in [0.05, 0.1) is 6.04 Å². The molecular weight excluding hydrogens is 379 g/mol. The molecule has 3 rings (SSSR count). The number of ether oxygens (including phenoxy) is 1. The monoisotopic (exact) mass is 404 g/mol. The number of rotatable bonds is 7. The third-order valence-electron chi connectivity index (χ3n) is 5.18. The zero-order valence-electron chi connectivity index (χ0n) is 16.0. The highest BCUT2D eigenvalue weighted by Crippen LogP contribution is 2.20. The summed E-state index contributed by atoms with van der Waals surface area (Å²) in [5, 5.41) is 3.75. The molecule has 1 unspecified atom stereocenters. The largest absolute Gasteiger partial charge is 0.492 e. The van der Waals surface area contributed by atoms with Crippen molar-refractivity contribution in [1.82, 2.24) is 10.2 Å². The topological polar surface area (TPSA) is 41.6 Å². The van der Waals surface area contributed by atoms with E-state index < -0.39 is 0 Å². The third-order valence-corrected chi connectivity index (χ3v) is 5.43. The Morgan fingerprint density at radius 3 is 2.46 bits per heavy atom. The van der Waals surface area contributed by atoms with Gasteiger partial charge in [-0.1, -0.05) is 23.7 Å². The van der Waals surface area contributed by atoms with Gasteiger partial charge in [0.25, 0.3) is 0 Å². The SMILES string of the molecule is CC(NC(=O)C1CCN(CCOc2ccc(Cl)cc2)CC1)c1ccc(F)cc1. The van der Waals surface area contributed by atoms with Crippen LogP contribution in [0.5, 0.6) is 5.75 Å². The first-order valence-electron chi connectivity index (χ1n) is 9.68. The summed E-state index contributed by atoms with van der Waals surface area (Å²) in [6.07, 6.45) is 1.67. The summed E-state index contributed by atoms with van der Waals surface area (Å²) in [5.74, 6) is 0.647. The van der Waals surface area contributed by atoms with Gasteiger partial charge >= 0.3 is 0 Å². The Morgan fingerprint density at radius 1 is 1.18 bits per heavy atom. The van der Waals surface area contributed by atoms with E-state index in [4.69, 9.17) is 16.3 Å². The number of nitrogens with one attached hydrogen (secondary N) is 1. The molecule has 1 amide bonds. The average molecular weight is 405 g/mol. The maximum absolute atomic E-state index is 13.0. The fourth-order valence-electron chi connectivity index (χ4n) is 3.41. The molecular formula is C22H26ClFN2O2. The van der Waals surface area contributed by atoms with Crippen LogP contribution in [0, 0.1) is 11.7 Å². The van der Waals surface area contributed by atoms with E-state index >= 15 is 0 Å². The normalized spacial score (nSPS) is 16.5. The lowest BCUT2D eigenvalue weighted by Gasteiger charge is -2.31. The molecule has 1 atom stereocenters. The van der Waals surface area contributed by atoms with Crippen molar-refractivity contribution in [3.8, 4) is 5.75 Å². The molecule has 0 aliphatic carbocycles. The molecule has 150 valence electrons. The number of benzene rings is 2. The highest BCUT2D eigenvalue weighted by atomic mass is 35.5. The summed E-state index contributed by atoms with van der Waals surface area (Å²) in [4.78, 5) is 14.9. The van der Waals surface area contributed by atoms with Gasteiger partial charge in [0, 0.05) is 17.5 Å². The average Bonchev–Trinajstić information content (AvgIpc) is 2.70. The lowest BCUT2D eigenvalue weighted by molar-refractivity contribution is -0.127. The number of carbonyl (C=O) groups is 1. The standard InChI is InChI=1S/C22H26ClFN2O2/c1-16(17-2-6-20(24)7-3-17)25-22(27)18-10-12-26(13-11-18)14-15-28-21-8-4-19(23)5-9-21/h2-9,16,18H,10-15H2,1H3,(H,25,27). The molecule has 0 bridgehead atoms. The Morgan fingerprint density at radius 2 is 1.82 bits per heavy atom. The van der Waals surface area contributed by atoms with Crippen LogP contribution in [0.2, 0.25) is 5.02 Å². The van der Waals surface area contributed by atoms with Crippen LogP contribution in [0.15, 0.2) is 48.5 Å². The van der Waals surface area contributed by atoms with Gasteiger partial charge in [-0.3, -0.25) is 9.69 Å². The summed E-state index contributed by atoms with van der Waals surface area (Å²) in [6, 6.07) is 13.5. The van der Waals surface area contributed by atoms with Gasteiger partial charge in [-0.25, -0.2) is 4.39 Å². The van der Waals surface area contributed by atoms with Gasteiger partial charge < -0.3 is 10.1 Å². The van der Waals surface area contributed by atoms with E-state index in [9.17, 15) is 9.18 Å². The van der Waals surface area contributed by atoms with Crippen molar-refractivity contribution in [2.24, 2.45) is 5.92 Å². The minimum absolute atomic E-state index is 0.0244. The van der Waals surface area contributed by atoms with Crippen molar-refractivity contribution < 1.29 is 13.9 Å². The van der Waals surface area contributed by atoms with E-state index in [1.54, 1.807) is 12.1 Å². The van der Waals surface area contributed by atoms with E-state index in [0.29, 0.717) is 11.6 Å². The molecule has 0 radical (unpaired) electrons. The van der Waals surface area contributed by atoms with Crippen molar-refractivity contribution in [3.63, 3.8) is 0 Å². The number of halogens is 2. The van der Waals surface area contributed by atoms with Gasteiger partial charge in [-0.2, -0.15) is 0 Å². The highest BCUT2D eigenvalue weighted by Gasteiger charge is 2.25. The van der Waals surface area contributed by atoms with Gasteiger partial charge in [-0.05, 0) is 74.8 Å². The minimum atomic E-state index is -0.269. The number of hydrogen-bond acceptors (Lipinski definition) is 3. The van der Waals surface area contributed by atoms with E-state index in [-0.39, 0.29) is 23.7 Å². The molecule has 6 heteroatoms. The van der Waals surface area contributed by atoms with Crippen molar-refractivity contribution in [2.75, 3.05) is 26.2 Å². The zero-order valence-corrected chi connectivity index (χ0v) is 16.8. The molecule has 0 spiro atoms. The van der Waals surface area contributed by atoms with Crippen LogP contribution in [-0.2, 0) is 4.79 Å². The predicted molar refractivity (Wildman–Crippen MR) is 109 cm³/mol. The van der Waals surface area contributed by atoms with E-state index in [1.807, 2.05) is 31.2 Å². The molecule has 0 aromatic heterocycles. The first-order chi connectivity index (χ1) is 13.5. The fourth-order valence-corrected chi connectivity index (χ4v) is 3.53. The molecule has 1 fully saturated rings. The predicted octanol–water partition coefficient (Wildman–Crippen LogP) is 4.45. The number of nitrogens with zero attached hydrogens (tertiary/aromatic N) is 1. The summed E-state index contributed by atoms with van der Waals surface area (Å²) in [6.45, 7) is 5.14. The van der Waals surface area contributed by atoms with Crippen LogP contribution in [0.3, 0.4) is 0 Å². The zero-order chi connectivity index (χ0) is 19.9. The number of amides is 1. The van der Waals surface area contributed by atoms with Crippen molar-refractivity contribution in [1.29, 1.82) is 0 Å². The Hall–Kier alpha value is -2.11. The molecule has 1 heterocycles. The van der Waals surface area contributed by atoms with Crippen LogP contribution >= 0.6 is 11.6 Å². The van der Waals surface area contributed by atoms with Gasteiger partial charge in [0.2, 0.25) is 5.91 Å². The number of likely N-dealkylation sites (tertiary alicyclic amines) is 1. The molecule has 2 aromatic rings. The molecule has 1 N–H and O–H groups in total. The van der Waals surface area contributed by atoms with Gasteiger partial charge in [-0.15, -0.1) is 0 Å². The summed E-state index contributed by atoms with van der Waals surface area (Å²) < 4.78 is 18.8. The smallest absolute Gasteiger partial charge is 0.223 e. The highest BCUT2D eigenvalue weighted by molar-refractivity contribution is 6.30. The maximum Gasteiger partial charge on any atom is 0.223 e. The molecule has 0 saturated carbocycles. The number of carbonyl (C=O) groups excluding carboxylic acids is 1. The molecule has 28 heavy (non-hydrogen) atoms. The third kappa shape index (κ3) is 5.94. The first kappa shape index (κ1) is 20.6. The second kappa shape index (κ2) is 9.89. The van der Waals surface area contributed by atoms with Gasteiger partial charge in [0.1, 0.15) is 18.2 Å². The van der Waals surface area contributed by atoms with Crippen molar-refractivity contribution >= 4 is 17.5 Å². The van der Waals surface area contributed by atoms with Crippen LogP contribution in [0.4, 0.5) is 4.39 Å². The molecule has 4 nitrogen and oxygen atoms in total. The Balaban J connectivity index is 1.37. The molecule has 1 aliphatic heterocycles. The summed E-state index contributed by atoms with van der Waals surface area (Å²) in [7, 11) is 0. The first-order valence-corrected chi connectivity index (χ1v) is 10.1. The number of hydrogen-bond donors (Lipinski definition) is 1. The lowest BCUT2D eigenvalue weighted by Crippen LogP contribution is -2.42. The summed E-state index contributed by atoms with van der Waals surface area (Å²) >= 11 is 5.87. The summed E-state index contributed by atoms with van der Waals surface area (Å²) in [5.41, 5.74) is 0.909. The minimum Gasteiger partial charge on any atom is -0.492 e.